The normalized spacial score (nSPS) is 20.3. The van der Waals surface area contributed by atoms with Crippen LogP contribution in [0.1, 0.15) is 37.4 Å². The van der Waals surface area contributed by atoms with Gasteiger partial charge >= 0.3 is 0 Å². The van der Waals surface area contributed by atoms with E-state index in [2.05, 4.69) is 41.2 Å². The SMILES string of the molecule is CCCN(Cc1ccc(C)cn1)C1CCCNC1. The van der Waals surface area contributed by atoms with Crippen molar-refractivity contribution in [3.05, 3.63) is 29.6 Å². The molecule has 0 aliphatic carbocycles. The van der Waals surface area contributed by atoms with Crippen LogP contribution in [-0.2, 0) is 6.54 Å². The summed E-state index contributed by atoms with van der Waals surface area (Å²) in [4.78, 5) is 7.12. The van der Waals surface area contributed by atoms with Crippen molar-refractivity contribution in [3.8, 4) is 0 Å². The van der Waals surface area contributed by atoms with Crippen molar-refractivity contribution in [1.82, 2.24) is 15.2 Å². The van der Waals surface area contributed by atoms with Crippen molar-refractivity contribution in [2.45, 2.75) is 45.7 Å². The third kappa shape index (κ3) is 3.79. The van der Waals surface area contributed by atoms with Crippen LogP contribution in [-0.4, -0.2) is 35.6 Å². The van der Waals surface area contributed by atoms with Gasteiger partial charge in [0.25, 0.3) is 0 Å². The van der Waals surface area contributed by atoms with Gasteiger partial charge < -0.3 is 5.32 Å². The Morgan fingerprint density at radius 3 is 2.94 bits per heavy atom. The van der Waals surface area contributed by atoms with E-state index in [1.807, 2.05) is 6.20 Å². The second-order valence-corrected chi connectivity index (χ2v) is 5.30. The van der Waals surface area contributed by atoms with E-state index < -0.39 is 0 Å². The van der Waals surface area contributed by atoms with Gasteiger partial charge in [-0.05, 0) is 50.9 Å². The average molecular weight is 247 g/mol. The molecule has 2 rings (SSSR count). The molecule has 1 N–H and O–H groups in total. The summed E-state index contributed by atoms with van der Waals surface area (Å²) in [5.74, 6) is 0. The van der Waals surface area contributed by atoms with Crippen molar-refractivity contribution in [2.75, 3.05) is 19.6 Å². The van der Waals surface area contributed by atoms with Gasteiger partial charge in [0.15, 0.2) is 0 Å². The largest absolute Gasteiger partial charge is 0.315 e. The topological polar surface area (TPSA) is 28.2 Å². The van der Waals surface area contributed by atoms with E-state index >= 15 is 0 Å². The Kier molecular flexibility index (Phi) is 5.14. The maximum absolute atomic E-state index is 4.53. The summed E-state index contributed by atoms with van der Waals surface area (Å²) in [6.07, 6.45) is 5.80. The standard InChI is InChI=1S/C15H25N3/c1-3-9-18(15-5-4-8-16-11-15)12-14-7-6-13(2)10-17-14/h6-7,10,15-16H,3-5,8-9,11-12H2,1-2H3. The van der Waals surface area contributed by atoms with E-state index in [0.717, 1.165) is 13.1 Å². The predicted octanol–water partition coefficient (Wildman–Crippen LogP) is 2.35. The molecule has 1 unspecified atom stereocenters. The van der Waals surface area contributed by atoms with Crippen molar-refractivity contribution < 1.29 is 0 Å². The average Bonchev–Trinajstić information content (AvgIpc) is 2.42. The van der Waals surface area contributed by atoms with E-state index in [1.54, 1.807) is 0 Å². The van der Waals surface area contributed by atoms with Crippen molar-refractivity contribution in [1.29, 1.82) is 0 Å². The summed E-state index contributed by atoms with van der Waals surface area (Å²) in [6, 6.07) is 5.00. The Labute approximate surface area is 111 Å². The molecule has 1 aliphatic rings. The lowest BCUT2D eigenvalue weighted by molar-refractivity contribution is 0.156. The minimum Gasteiger partial charge on any atom is -0.315 e. The second kappa shape index (κ2) is 6.86. The molecule has 0 bridgehead atoms. The number of aromatic nitrogens is 1. The highest BCUT2D eigenvalue weighted by atomic mass is 15.2. The summed E-state index contributed by atoms with van der Waals surface area (Å²) < 4.78 is 0. The summed E-state index contributed by atoms with van der Waals surface area (Å²) in [5.41, 5.74) is 2.43. The molecule has 2 heterocycles. The third-order valence-electron chi connectivity index (χ3n) is 3.64. The minimum absolute atomic E-state index is 0.682. The molecule has 0 saturated carbocycles. The molecule has 0 radical (unpaired) electrons. The molecule has 1 aromatic rings. The number of hydrogen-bond donors (Lipinski definition) is 1. The van der Waals surface area contributed by atoms with Gasteiger partial charge in [-0.2, -0.15) is 0 Å². The summed E-state index contributed by atoms with van der Waals surface area (Å²) in [6.45, 7) is 8.81. The number of hydrogen-bond acceptors (Lipinski definition) is 3. The Balaban J connectivity index is 1.98. The first-order valence-corrected chi connectivity index (χ1v) is 7.16. The van der Waals surface area contributed by atoms with Crippen LogP contribution in [0.4, 0.5) is 0 Å². The molecule has 3 nitrogen and oxygen atoms in total. The lowest BCUT2D eigenvalue weighted by Gasteiger charge is -2.34. The van der Waals surface area contributed by atoms with Crippen molar-refractivity contribution in [3.63, 3.8) is 0 Å². The van der Waals surface area contributed by atoms with Crippen LogP contribution in [0, 0.1) is 6.92 Å². The minimum atomic E-state index is 0.682. The van der Waals surface area contributed by atoms with E-state index in [9.17, 15) is 0 Å². The zero-order chi connectivity index (χ0) is 12.8. The molecule has 1 aromatic heterocycles. The van der Waals surface area contributed by atoms with Crippen LogP contribution in [0.2, 0.25) is 0 Å². The van der Waals surface area contributed by atoms with Gasteiger partial charge in [-0.15, -0.1) is 0 Å². The zero-order valence-corrected chi connectivity index (χ0v) is 11.7. The number of piperidine rings is 1. The van der Waals surface area contributed by atoms with E-state index in [1.165, 1.54) is 43.6 Å². The first-order chi connectivity index (χ1) is 8.79. The highest BCUT2D eigenvalue weighted by Gasteiger charge is 2.20. The fourth-order valence-electron chi connectivity index (χ4n) is 2.62. The van der Waals surface area contributed by atoms with Crippen LogP contribution >= 0.6 is 0 Å². The van der Waals surface area contributed by atoms with Crippen molar-refractivity contribution >= 4 is 0 Å². The van der Waals surface area contributed by atoms with E-state index in [4.69, 9.17) is 0 Å². The zero-order valence-electron chi connectivity index (χ0n) is 11.7. The number of nitrogens with one attached hydrogen (secondary N) is 1. The quantitative estimate of drug-likeness (QED) is 0.865. The van der Waals surface area contributed by atoms with Crippen LogP contribution in [0.15, 0.2) is 18.3 Å². The van der Waals surface area contributed by atoms with Gasteiger partial charge in [0.1, 0.15) is 0 Å². The first kappa shape index (κ1) is 13.5. The maximum Gasteiger partial charge on any atom is 0.0544 e. The Morgan fingerprint density at radius 2 is 2.33 bits per heavy atom. The molecule has 3 heteroatoms. The Morgan fingerprint density at radius 1 is 1.44 bits per heavy atom. The van der Waals surface area contributed by atoms with Crippen LogP contribution in [0.5, 0.6) is 0 Å². The van der Waals surface area contributed by atoms with E-state index in [-0.39, 0.29) is 0 Å². The second-order valence-electron chi connectivity index (χ2n) is 5.30. The van der Waals surface area contributed by atoms with Gasteiger partial charge in [0.05, 0.1) is 5.69 Å². The van der Waals surface area contributed by atoms with E-state index in [0.29, 0.717) is 6.04 Å². The molecule has 0 amide bonds. The first-order valence-electron chi connectivity index (χ1n) is 7.16. The molecule has 1 aliphatic heterocycles. The van der Waals surface area contributed by atoms with Crippen molar-refractivity contribution in [2.24, 2.45) is 0 Å². The Hall–Kier alpha value is -0.930. The van der Waals surface area contributed by atoms with Gasteiger partial charge in [-0.25, -0.2) is 0 Å². The molecule has 18 heavy (non-hydrogen) atoms. The lowest BCUT2D eigenvalue weighted by atomic mass is 10.1. The number of nitrogens with zero attached hydrogens (tertiary/aromatic N) is 2. The number of rotatable bonds is 5. The highest BCUT2D eigenvalue weighted by Crippen LogP contribution is 2.14. The molecule has 1 atom stereocenters. The monoisotopic (exact) mass is 247 g/mol. The fourth-order valence-corrected chi connectivity index (χ4v) is 2.62. The van der Waals surface area contributed by atoms with Crippen LogP contribution in [0.3, 0.4) is 0 Å². The van der Waals surface area contributed by atoms with Gasteiger partial charge in [-0.1, -0.05) is 13.0 Å². The molecule has 1 saturated heterocycles. The number of pyridine rings is 1. The summed E-state index contributed by atoms with van der Waals surface area (Å²) in [5, 5.41) is 3.51. The lowest BCUT2D eigenvalue weighted by Crippen LogP contribution is -2.46. The number of aryl methyl sites for hydroxylation is 1. The van der Waals surface area contributed by atoms with Crippen LogP contribution < -0.4 is 5.32 Å². The molecule has 0 aromatic carbocycles. The molecule has 1 fully saturated rings. The predicted molar refractivity (Wildman–Crippen MR) is 75.6 cm³/mol. The van der Waals surface area contributed by atoms with Gasteiger partial charge in [0.2, 0.25) is 0 Å². The smallest absolute Gasteiger partial charge is 0.0544 e. The highest BCUT2D eigenvalue weighted by molar-refractivity contribution is 5.12. The molecular weight excluding hydrogens is 222 g/mol. The third-order valence-corrected chi connectivity index (χ3v) is 3.64. The van der Waals surface area contributed by atoms with Crippen LogP contribution in [0.25, 0.3) is 0 Å². The summed E-state index contributed by atoms with van der Waals surface area (Å²) >= 11 is 0. The fraction of sp³-hybridized carbons (Fsp3) is 0.667. The molecular formula is C15H25N3. The van der Waals surface area contributed by atoms with Gasteiger partial charge in [-0.3, -0.25) is 9.88 Å². The summed E-state index contributed by atoms with van der Waals surface area (Å²) in [7, 11) is 0. The maximum atomic E-state index is 4.53. The molecule has 100 valence electrons. The Bertz CT molecular complexity index is 341. The van der Waals surface area contributed by atoms with Gasteiger partial charge in [0, 0.05) is 25.3 Å². The molecule has 0 spiro atoms.